The number of aryl methyl sites for hydroxylation is 1. The van der Waals surface area contributed by atoms with Crippen LogP contribution >= 0.6 is 11.3 Å². The second-order valence-electron chi connectivity index (χ2n) is 9.48. The predicted molar refractivity (Wildman–Crippen MR) is 145 cm³/mol. The van der Waals surface area contributed by atoms with Crippen LogP contribution in [0, 0.1) is 12.7 Å². The minimum atomic E-state index is -0.312. The summed E-state index contributed by atoms with van der Waals surface area (Å²) in [4.78, 5) is 31.8. The van der Waals surface area contributed by atoms with Gasteiger partial charge >= 0.3 is 6.03 Å². The Kier molecular flexibility index (Phi) is 9.17. The molecule has 0 spiro atoms. The van der Waals surface area contributed by atoms with E-state index in [2.05, 4.69) is 5.32 Å². The molecule has 1 aromatic heterocycles. The average molecular weight is 524 g/mol. The standard InChI is InChI=1S/C29H34FN3O3S/c1-21-15-16-37-27(21)19-32(18-22-11-13-23(30)14-12-22)28(34)20-33(25-8-4-3-5-9-25)29(35)31-24-7-6-10-26(17-24)36-2/h6-7,10-17,25H,3-5,8-9,18-20H2,1-2H3,(H,31,35). The third kappa shape index (κ3) is 7.32. The molecule has 1 aliphatic carbocycles. The van der Waals surface area contributed by atoms with Gasteiger partial charge in [0.15, 0.2) is 0 Å². The van der Waals surface area contributed by atoms with Crippen LogP contribution in [-0.2, 0) is 17.9 Å². The van der Waals surface area contributed by atoms with E-state index in [-0.39, 0.29) is 30.3 Å². The van der Waals surface area contributed by atoms with Crippen molar-refractivity contribution in [2.75, 3.05) is 19.0 Å². The predicted octanol–water partition coefficient (Wildman–Crippen LogP) is 6.60. The molecule has 3 aromatic rings. The zero-order chi connectivity index (χ0) is 26.2. The number of methoxy groups -OCH3 is 1. The second kappa shape index (κ2) is 12.7. The highest BCUT2D eigenvalue weighted by molar-refractivity contribution is 7.10. The summed E-state index contributed by atoms with van der Waals surface area (Å²) < 4.78 is 18.8. The number of urea groups is 1. The van der Waals surface area contributed by atoms with Crippen LogP contribution in [-0.4, -0.2) is 41.4 Å². The summed E-state index contributed by atoms with van der Waals surface area (Å²) in [7, 11) is 1.58. The molecule has 1 saturated carbocycles. The number of benzene rings is 2. The summed E-state index contributed by atoms with van der Waals surface area (Å²) in [6.45, 7) is 2.79. The fourth-order valence-electron chi connectivity index (χ4n) is 4.68. The number of amides is 3. The number of thiophene rings is 1. The Morgan fingerprint density at radius 1 is 1.05 bits per heavy atom. The lowest BCUT2D eigenvalue weighted by Crippen LogP contribution is -2.49. The minimum Gasteiger partial charge on any atom is -0.497 e. The van der Waals surface area contributed by atoms with Crippen LogP contribution in [0.5, 0.6) is 5.75 Å². The molecule has 6 nitrogen and oxygen atoms in total. The molecule has 1 heterocycles. The van der Waals surface area contributed by atoms with E-state index in [9.17, 15) is 14.0 Å². The fraction of sp³-hybridized carbons (Fsp3) is 0.379. The first-order valence-corrected chi connectivity index (χ1v) is 13.6. The monoisotopic (exact) mass is 523 g/mol. The number of carbonyl (C=O) groups excluding carboxylic acids is 2. The average Bonchev–Trinajstić information content (AvgIpc) is 3.32. The van der Waals surface area contributed by atoms with E-state index in [0.717, 1.165) is 48.1 Å². The molecule has 4 rings (SSSR count). The Bertz CT molecular complexity index is 1190. The SMILES string of the molecule is COc1cccc(NC(=O)N(CC(=O)N(Cc2ccc(F)cc2)Cc2sccc2C)C2CCCCC2)c1. The molecule has 8 heteroatoms. The highest BCUT2D eigenvalue weighted by Crippen LogP contribution is 2.25. The topological polar surface area (TPSA) is 61.9 Å². The summed E-state index contributed by atoms with van der Waals surface area (Å²) in [5, 5.41) is 4.98. The summed E-state index contributed by atoms with van der Waals surface area (Å²) in [6.07, 6.45) is 4.97. The lowest BCUT2D eigenvalue weighted by molar-refractivity contribution is -0.133. The smallest absolute Gasteiger partial charge is 0.322 e. The summed E-state index contributed by atoms with van der Waals surface area (Å²) in [6, 6.07) is 15.2. The highest BCUT2D eigenvalue weighted by Gasteiger charge is 2.29. The number of ether oxygens (including phenoxy) is 1. The summed E-state index contributed by atoms with van der Waals surface area (Å²) in [5.41, 5.74) is 2.59. The number of carbonyl (C=O) groups is 2. The van der Waals surface area contributed by atoms with Crippen molar-refractivity contribution in [3.05, 3.63) is 81.8 Å². The molecule has 0 saturated heterocycles. The van der Waals surface area contributed by atoms with Gasteiger partial charge in [0.05, 0.1) is 13.7 Å². The number of nitrogens with zero attached hydrogens (tertiary/aromatic N) is 2. The zero-order valence-corrected chi connectivity index (χ0v) is 22.2. The molecule has 2 aromatic carbocycles. The van der Waals surface area contributed by atoms with Gasteiger partial charge in [-0.2, -0.15) is 0 Å². The van der Waals surface area contributed by atoms with E-state index in [4.69, 9.17) is 4.74 Å². The van der Waals surface area contributed by atoms with Gasteiger partial charge in [0.2, 0.25) is 5.91 Å². The number of halogens is 1. The molecule has 1 fully saturated rings. The Labute approximate surface area is 222 Å². The van der Waals surface area contributed by atoms with Crippen molar-refractivity contribution in [2.45, 2.75) is 58.2 Å². The van der Waals surface area contributed by atoms with E-state index in [1.54, 1.807) is 46.4 Å². The first-order chi connectivity index (χ1) is 17.9. The molecular weight excluding hydrogens is 489 g/mol. The van der Waals surface area contributed by atoms with E-state index < -0.39 is 0 Å². The van der Waals surface area contributed by atoms with Gasteiger partial charge < -0.3 is 19.9 Å². The summed E-state index contributed by atoms with van der Waals surface area (Å²) in [5.74, 6) is 0.201. The molecule has 0 bridgehead atoms. The Balaban J connectivity index is 1.55. The molecule has 0 radical (unpaired) electrons. The molecule has 0 aliphatic heterocycles. The van der Waals surface area contributed by atoms with Gasteiger partial charge in [0.25, 0.3) is 0 Å². The van der Waals surface area contributed by atoms with E-state index in [0.29, 0.717) is 24.5 Å². The van der Waals surface area contributed by atoms with Crippen LogP contribution in [0.4, 0.5) is 14.9 Å². The maximum atomic E-state index is 13.8. The molecule has 3 amide bonds. The molecule has 0 atom stereocenters. The van der Waals surface area contributed by atoms with Gasteiger partial charge in [0.1, 0.15) is 18.1 Å². The summed E-state index contributed by atoms with van der Waals surface area (Å²) >= 11 is 1.61. The molecule has 0 unspecified atom stereocenters. The third-order valence-electron chi connectivity index (χ3n) is 6.84. The number of hydrogen-bond donors (Lipinski definition) is 1. The Morgan fingerprint density at radius 2 is 1.81 bits per heavy atom. The van der Waals surface area contributed by atoms with Gasteiger partial charge in [-0.1, -0.05) is 37.5 Å². The first kappa shape index (κ1) is 26.7. The van der Waals surface area contributed by atoms with Crippen LogP contribution in [0.1, 0.15) is 48.1 Å². The maximum Gasteiger partial charge on any atom is 0.322 e. The van der Waals surface area contributed by atoms with E-state index >= 15 is 0 Å². The van der Waals surface area contributed by atoms with E-state index in [1.165, 1.54) is 12.1 Å². The van der Waals surface area contributed by atoms with Crippen LogP contribution in [0.15, 0.2) is 60.0 Å². The minimum absolute atomic E-state index is 0.000507. The Morgan fingerprint density at radius 3 is 2.49 bits per heavy atom. The van der Waals surface area contributed by atoms with Crippen LogP contribution in [0.25, 0.3) is 0 Å². The fourth-order valence-corrected chi connectivity index (χ4v) is 5.60. The van der Waals surface area contributed by atoms with Gasteiger partial charge in [-0.15, -0.1) is 11.3 Å². The number of hydrogen-bond acceptors (Lipinski definition) is 4. The van der Waals surface area contributed by atoms with Crippen molar-refractivity contribution in [2.24, 2.45) is 0 Å². The van der Waals surface area contributed by atoms with Crippen molar-refractivity contribution in [3.63, 3.8) is 0 Å². The van der Waals surface area contributed by atoms with Crippen molar-refractivity contribution in [1.29, 1.82) is 0 Å². The molecule has 1 aliphatic rings. The first-order valence-electron chi connectivity index (χ1n) is 12.7. The largest absolute Gasteiger partial charge is 0.497 e. The highest BCUT2D eigenvalue weighted by atomic mass is 32.1. The van der Waals surface area contributed by atoms with Crippen molar-refractivity contribution < 1.29 is 18.7 Å². The molecular formula is C29H34FN3O3S. The Hall–Kier alpha value is -3.39. The lowest BCUT2D eigenvalue weighted by Gasteiger charge is -2.35. The van der Waals surface area contributed by atoms with Crippen molar-refractivity contribution >= 4 is 29.0 Å². The number of nitrogens with one attached hydrogen (secondary N) is 1. The maximum absolute atomic E-state index is 13.8. The van der Waals surface area contributed by atoms with Crippen molar-refractivity contribution in [1.82, 2.24) is 9.80 Å². The van der Waals surface area contributed by atoms with Crippen LogP contribution in [0.2, 0.25) is 0 Å². The van der Waals surface area contributed by atoms with Gasteiger partial charge in [0, 0.05) is 29.2 Å². The van der Waals surface area contributed by atoms with Gasteiger partial charge in [-0.25, -0.2) is 9.18 Å². The molecule has 37 heavy (non-hydrogen) atoms. The quantitative estimate of drug-likeness (QED) is 0.344. The normalized spacial score (nSPS) is 13.7. The number of rotatable bonds is 9. The molecule has 196 valence electrons. The van der Waals surface area contributed by atoms with Crippen molar-refractivity contribution in [3.8, 4) is 5.75 Å². The molecule has 1 N–H and O–H groups in total. The number of anilines is 1. The van der Waals surface area contributed by atoms with Crippen LogP contribution < -0.4 is 10.1 Å². The lowest BCUT2D eigenvalue weighted by atomic mass is 9.94. The third-order valence-corrected chi connectivity index (χ3v) is 7.85. The zero-order valence-electron chi connectivity index (χ0n) is 21.4. The van der Waals surface area contributed by atoms with Crippen LogP contribution in [0.3, 0.4) is 0 Å². The van der Waals surface area contributed by atoms with Gasteiger partial charge in [-0.05, 0) is 66.6 Å². The van der Waals surface area contributed by atoms with Gasteiger partial charge in [-0.3, -0.25) is 4.79 Å². The second-order valence-corrected chi connectivity index (χ2v) is 10.5. The van der Waals surface area contributed by atoms with E-state index in [1.807, 2.05) is 36.6 Å².